The molecular formula is C16H21N7O10S2. The molecule has 1 aliphatic heterocycles. The zero-order chi connectivity index (χ0) is 26.6. The van der Waals surface area contributed by atoms with Crippen LogP contribution in [0.5, 0.6) is 0 Å². The molecule has 192 valence electrons. The van der Waals surface area contributed by atoms with Gasteiger partial charge in [0.15, 0.2) is 10.8 Å². The number of carboxylic acid groups (broad SMARTS) is 1. The number of aliphatic carboxylic acids is 1. The summed E-state index contributed by atoms with van der Waals surface area (Å²) in [6, 6.07) is -2.63. The van der Waals surface area contributed by atoms with Crippen molar-refractivity contribution < 1.29 is 47.1 Å². The first-order valence-electron chi connectivity index (χ1n) is 9.36. The van der Waals surface area contributed by atoms with E-state index in [0.29, 0.717) is 4.90 Å². The Balaban J connectivity index is 2.06. The Morgan fingerprint density at radius 1 is 1.34 bits per heavy atom. The number of nitrogens with zero attached hydrogens (tertiary/aromatic N) is 3. The Hall–Kier alpha value is -3.84. The van der Waals surface area contributed by atoms with E-state index >= 15 is 0 Å². The molecule has 2 heterocycles. The van der Waals surface area contributed by atoms with Crippen molar-refractivity contribution in [2.24, 2.45) is 5.16 Å². The van der Waals surface area contributed by atoms with Gasteiger partial charge < -0.3 is 25.7 Å². The van der Waals surface area contributed by atoms with E-state index in [0.717, 1.165) is 18.4 Å². The van der Waals surface area contributed by atoms with Crippen LogP contribution >= 0.6 is 11.3 Å². The Morgan fingerprint density at radius 2 is 2.00 bits per heavy atom. The van der Waals surface area contributed by atoms with Gasteiger partial charge in [-0.1, -0.05) is 5.16 Å². The fourth-order valence-electron chi connectivity index (χ4n) is 2.25. The monoisotopic (exact) mass is 535 g/mol. The molecule has 0 radical (unpaired) electrons. The second-order valence-corrected chi connectivity index (χ2v) is 9.57. The van der Waals surface area contributed by atoms with Gasteiger partial charge in [0, 0.05) is 12.5 Å². The van der Waals surface area contributed by atoms with Crippen molar-refractivity contribution in [1.82, 2.24) is 24.6 Å². The maximum absolute atomic E-state index is 12.7. The molecule has 0 saturated carbocycles. The number of thiazole rings is 1. The van der Waals surface area contributed by atoms with Gasteiger partial charge in [0.2, 0.25) is 5.60 Å². The number of aromatic nitrogens is 1. The van der Waals surface area contributed by atoms with Crippen molar-refractivity contribution in [1.29, 1.82) is 0 Å². The number of oxime groups is 1. The summed E-state index contributed by atoms with van der Waals surface area (Å²) in [7, 11) is -3.48. The third-order valence-electron chi connectivity index (χ3n) is 4.08. The van der Waals surface area contributed by atoms with E-state index < -0.39 is 70.4 Å². The number of carbonyl (C=O) groups is 5. The van der Waals surface area contributed by atoms with Crippen LogP contribution < -0.4 is 20.5 Å². The highest BCUT2D eigenvalue weighted by Crippen LogP contribution is 2.16. The number of nitrogens with one attached hydrogen (secondary N) is 3. The molecule has 0 bridgehead atoms. The summed E-state index contributed by atoms with van der Waals surface area (Å²) in [6.45, 7) is 1.35. The van der Waals surface area contributed by atoms with Crippen molar-refractivity contribution >= 4 is 62.1 Å². The quantitative estimate of drug-likeness (QED) is 0.117. The highest BCUT2D eigenvalue weighted by molar-refractivity contribution is 7.88. The third-order valence-corrected chi connectivity index (χ3v) is 5.70. The van der Waals surface area contributed by atoms with Crippen LogP contribution in [0.3, 0.4) is 0 Å². The minimum Gasteiger partial charge on any atom is -0.478 e. The van der Waals surface area contributed by atoms with Crippen LogP contribution in [0.25, 0.3) is 0 Å². The van der Waals surface area contributed by atoms with Gasteiger partial charge in [0.25, 0.3) is 17.7 Å². The number of nitrogens with two attached hydrogens (primary N) is 1. The molecule has 1 aliphatic rings. The summed E-state index contributed by atoms with van der Waals surface area (Å²) < 4.78 is 31.0. The van der Waals surface area contributed by atoms with Gasteiger partial charge in [-0.25, -0.2) is 24.0 Å². The summed E-state index contributed by atoms with van der Waals surface area (Å²) >= 11 is 0.957. The normalized spacial score (nSPS) is 16.2. The number of rotatable bonds is 10. The number of nitrogen functional groups attached to an aromatic ring is 1. The molecule has 5 amide bonds. The number of hydrogen-bond acceptors (Lipinski definition) is 13. The molecule has 1 saturated heterocycles. The molecule has 19 heteroatoms. The molecule has 35 heavy (non-hydrogen) atoms. The van der Waals surface area contributed by atoms with Crippen molar-refractivity contribution in [2.45, 2.75) is 25.5 Å². The Kier molecular flexibility index (Phi) is 8.31. The van der Waals surface area contributed by atoms with E-state index in [-0.39, 0.29) is 10.8 Å². The number of carbonyl (C=O) groups excluding carboxylic acids is 4. The van der Waals surface area contributed by atoms with Crippen LogP contribution in [0.1, 0.15) is 19.5 Å². The molecule has 1 fully saturated rings. The highest BCUT2D eigenvalue weighted by atomic mass is 32.2. The van der Waals surface area contributed by atoms with Crippen LogP contribution in [0.15, 0.2) is 10.5 Å². The molecule has 0 aliphatic carbocycles. The molecule has 1 atom stereocenters. The zero-order valence-electron chi connectivity index (χ0n) is 18.4. The fraction of sp³-hybridized carbons (Fsp3) is 0.438. The van der Waals surface area contributed by atoms with E-state index in [4.69, 9.17) is 15.7 Å². The van der Waals surface area contributed by atoms with Crippen LogP contribution in [0.4, 0.5) is 9.93 Å². The average Bonchev–Trinajstić information content (AvgIpc) is 3.15. The maximum atomic E-state index is 12.7. The van der Waals surface area contributed by atoms with Crippen molar-refractivity contribution in [2.75, 3.05) is 26.0 Å². The molecule has 2 rings (SSSR count). The Bertz CT molecular complexity index is 1180. The second-order valence-electron chi connectivity index (χ2n) is 7.26. The minimum atomic E-state index is -4.63. The van der Waals surface area contributed by atoms with Crippen LogP contribution in [-0.4, -0.2) is 90.7 Å². The van der Waals surface area contributed by atoms with Crippen LogP contribution in [0.2, 0.25) is 0 Å². The predicted molar refractivity (Wildman–Crippen MR) is 117 cm³/mol. The Morgan fingerprint density at radius 3 is 2.51 bits per heavy atom. The van der Waals surface area contributed by atoms with Gasteiger partial charge in [-0.2, -0.15) is 8.42 Å². The molecular weight excluding hydrogens is 514 g/mol. The summed E-state index contributed by atoms with van der Waals surface area (Å²) in [5.41, 5.74) is 3.19. The summed E-state index contributed by atoms with van der Waals surface area (Å²) in [5.74, 6) is -4.41. The summed E-state index contributed by atoms with van der Waals surface area (Å²) in [4.78, 5) is 68.9. The lowest BCUT2D eigenvalue weighted by molar-refractivity contribution is -0.161. The molecule has 17 nitrogen and oxygen atoms in total. The number of hydrogen-bond donors (Lipinski definition) is 5. The van der Waals surface area contributed by atoms with Crippen LogP contribution in [0, 0.1) is 0 Å². The van der Waals surface area contributed by atoms with E-state index in [9.17, 15) is 32.4 Å². The third kappa shape index (κ3) is 7.07. The first kappa shape index (κ1) is 27.4. The molecule has 1 aromatic heterocycles. The number of amides is 5. The smallest absolute Gasteiger partial charge is 0.350 e. The number of carboxylic acids is 1. The van der Waals surface area contributed by atoms with Gasteiger partial charge in [0.1, 0.15) is 18.3 Å². The molecule has 0 unspecified atom stereocenters. The van der Waals surface area contributed by atoms with E-state index in [2.05, 4.69) is 20.2 Å². The van der Waals surface area contributed by atoms with Crippen molar-refractivity contribution in [3.05, 3.63) is 11.1 Å². The van der Waals surface area contributed by atoms with Crippen LogP contribution in [-0.2, 0) is 39.0 Å². The first-order chi connectivity index (χ1) is 16.2. The van der Waals surface area contributed by atoms with Crippen molar-refractivity contribution in [3.63, 3.8) is 0 Å². The van der Waals surface area contributed by atoms with Gasteiger partial charge in [-0.3, -0.25) is 19.3 Å². The number of methoxy groups -OCH3 is 1. The number of β-lactam (4-membered cyclic amide) rings is 1. The Labute approximate surface area is 201 Å². The fourth-order valence-corrected chi connectivity index (χ4v) is 3.55. The predicted octanol–water partition coefficient (Wildman–Crippen LogP) is -2.65. The highest BCUT2D eigenvalue weighted by Gasteiger charge is 2.43. The SMILES string of the molecule is COCC(=O)NS(=O)(=O)NC(=O)N1C[C@H](NC(=O)C(=NOC(C)(C)C(=O)O)c2csc(N)n2)C1=O. The average molecular weight is 536 g/mol. The summed E-state index contributed by atoms with van der Waals surface area (Å²) in [6.07, 6.45) is 0. The zero-order valence-corrected chi connectivity index (χ0v) is 20.1. The van der Waals surface area contributed by atoms with E-state index in [1.54, 1.807) is 0 Å². The molecule has 1 aromatic rings. The number of ether oxygens (including phenoxy) is 1. The van der Waals surface area contributed by atoms with Gasteiger partial charge >= 0.3 is 22.2 Å². The second kappa shape index (κ2) is 10.6. The van der Waals surface area contributed by atoms with Gasteiger partial charge in [-0.05, 0) is 13.8 Å². The molecule has 0 aromatic carbocycles. The number of likely N-dealkylation sites (tertiary alicyclic amines) is 1. The first-order valence-corrected chi connectivity index (χ1v) is 11.7. The lowest BCUT2D eigenvalue weighted by atomic mass is 10.1. The number of anilines is 1. The topological polar surface area (TPSA) is 249 Å². The maximum Gasteiger partial charge on any atom is 0.350 e. The van der Waals surface area contributed by atoms with Gasteiger partial charge in [-0.15, -0.1) is 11.3 Å². The molecule has 0 spiro atoms. The number of urea groups is 1. The van der Waals surface area contributed by atoms with E-state index in [1.807, 2.05) is 0 Å². The standard InChI is InChI=1S/C16H21N7O10S2/c1-16(2,13(27)28)33-20-10(8-6-34-14(17)19-8)11(25)18-7-4-23(12(7)26)15(29)22-35(30,31)21-9(24)5-32-3/h6-7H,4-5H2,1-3H3,(H2,17,19)(H,18,25)(H,21,24)(H,22,29)(H,27,28)/t7-/m0/s1. The summed E-state index contributed by atoms with van der Waals surface area (Å²) in [5, 5.41) is 16.4. The van der Waals surface area contributed by atoms with E-state index in [1.165, 1.54) is 28.7 Å². The number of imide groups is 1. The largest absolute Gasteiger partial charge is 0.478 e. The molecule has 6 N–H and O–H groups in total. The van der Waals surface area contributed by atoms with Crippen molar-refractivity contribution in [3.8, 4) is 0 Å². The lowest BCUT2D eigenvalue weighted by Gasteiger charge is -2.36. The van der Waals surface area contributed by atoms with Gasteiger partial charge in [0.05, 0.1) is 6.54 Å². The lowest BCUT2D eigenvalue weighted by Crippen LogP contribution is -2.68. The minimum absolute atomic E-state index is 0.0644.